The molecule has 1 aliphatic heterocycles. The molecule has 0 fully saturated rings. The average molecular weight is 464 g/mol. The van der Waals surface area contributed by atoms with E-state index in [2.05, 4.69) is 5.32 Å². The second-order valence-corrected chi connectivity index (χ2v) is 8.10. The normalized spacial score (nSPS) is 13.1. The molecule has 1 aliphatic rings. The number of hydrogen-bond acceptors (Lipinski definition) is 5. The molecule has 0 aromatic heterocycles. The molecular weight excluding hydrogens is 441 g/mol. The van der Waals surface area contributed by atoms with Crippen LogP contribution in [0, 0.1) is 6.92 Å². The van der Waals surface area contributed by atoms with Gasteiger partial charge in [0.05, 0.1) is 22.8 Å². The zero-order valence-corrected chi connectivity index (χ0v) is 19.0. The third-order valence-corrected chi connectivity index (χ3v) is 6.09. The number of amides is 1. The van der Waals surface area contributed by atoms with E-state index in [9.17, 15) is 14.7 Å². The van der Waals surface area contributed by atoms with Crippen molar-refractivity contribution in [2.24, 2.45) is 0 Å². The highest BCUT2D eigenvalue weighted by Gasteiger charge is 2.31. The number of allylic oxidation sites excluding steroid dienone is 2. The number of rotatable bonds is 7. The smallest absolute Gasteiger partial charge is 0.342 e. The highest BCUT2D eigenvalue weighted by molar-refractivity contribution is 6.43. The first-order chi connectivity index (χ1) is 14.7. The molecule has 0 atom stereocenters. The number of phenolic OH excluding ortho intramolecular Hbond substituents is 1. The first kappa shape index (κ1) is 23.0. The number of cyclic esters (lactones) is 1. The quantitative estimate of drug-likeness (QED) is 0.412. The molecule has 8 heteroatoms. The van der Waals surface area contributed by atoms with Crippen molar-refractivity contribution in [1.82, 2.24) is 0 Å². The van der Waals surface area contributed by atoms with Crippen LogP contribution in [0.4, 0.5) is 5.69 Å². The average Bonchev–Trinajstić information content (AvgIpc) is 3.13. The molecule has 164 valence electrons. The number of halogens is 2. The monoisotopic (exact) mass is 463 g/mol. The largest absolute Gasteiger partial charge is 0.507 e. The van der Waals surface area contributed by atoms with Crippen molar-refractivity contribution < 1.29 is 24.2 Å². The predicted molar refractivity (Wildman–Crippen MR) is 120 cm³/mol. The summed E-state index contributed by atoms with van der Waals surface area (Å²) < 4.78 is 10.6. The van der Waals surface area contributed by atoms with Crippen molar-refractivity contribution in [3.63, 3.8) is 0 Å². The van der Waals surface area contributed by atoms with E-state index >= 15 is 0 Å². The predicted octanol–water partition coefficient (Wildman–Crippen LogP) is 5.59. The Hall–Kier alpha value is -2.70. The lowest BCUT2D eigenvalue weighted by molar-refractivity contribution is -0.116. The van der Waals surface area contributed by atoms with E-state index < -0.39 is 5.97 Å². The second kappa shape index (κ2) is 9.62. The van der Waals surface area contributed by atoms with Crippen molar-refractivity contribution in [3.8, 4) is 11.5 Å². The first-order valence-electron chi connectivity index (χ1n) is 9.72. The minimum atomic E-state index is -0.531. The highest BCUT2D eigenvalue weighted by Crippen LogP contribution is 2.42. The number of methoxy groups -OCH3 is 1. The Morgan fingerprint density at radius 1 is 1.32 bits per heavy atom. The topological polar surface area (TPSA) is 84.9 Å². The molecule has 0 saturated heterocycles. The molecule has 0 spiro atoms. The summed E-state index contributed by atoms with van der Waals surface area (Å²) in [5.74, 6) is -0.297. The number of fused-ring (bicyclic) bond motifs is 1. The van der Waals surface area contributed by atoms with Gasteiger partial charge in [-0.05, 0) is 44.4 Å². The van der Waals surface area contributed by atoms with Crippen LogP contribution in [0.15, 0.2) is 29.8 Å². The summed E-state index contributed by atoms with van der Waals surface area (Å²) in [4.78, 5) is 24.3. The van der Waals surface area contributed by atoms with Crippen LogP contribution in [0.1, 0.15) is 46.8 Å². The Kier molecular flexibility index (Phi) is 7.13. The van der Waals surface area contributed by atoms with Crippen molar-refractivity contribution in [2.75, 3.05) is 12.4 Å². The third-order valence-electron chi connectivity index (χ3n) is 5.27. The van der Waals surface area contributed by atoms with Gasteiger partial charge in [0.15, 0.2) is 0 Å². The SMILES string of the molecule is COc1c(C)c2c(c(O)c1C/C=C(\C)CCC(=O)Nc1cccc(Cl)c1Cl)C(=O)OC2. The molecule has 0 saturated carbocycles. The zero-order chi connectivity index (χ0) is 22.7. The Balaban J connectivity index is 1.69. The van der Waals surface area contributed by atoms with Gasteiger partial charge in [-0.15, -0.1) is 0 Å². The lowest BCUT2D eigenvalue weighted by atomic mass is 9.94. The number of aromatic hydroxyl groups is 1. The summed E-state index contributed by atoms with van der Waals surface area (Å²) >= 11 is 12.1. The van der Waals surface area contributed by atoms with Crippen LogP contribution in [0.2, 0.25) is 10.0 Å². The molecule has 0 unspecified atom stereocenters. The third kappa shape index (κ3) is 4.81. The fraction of sp³-hybridized carbons (Fsp3) is 0.304. The number of benzene rings is 2. The van der Waals surface area contributed by atoms with Crippen LogP contribution in [0.3, 0.4) is 0 Å². The molecule has 1 amide bonds. The molecule has 2 aromatic carbocycles. The molecule has 3 rings (SSSR count). The number of anilines is 1. The number of carbonyl (C=O) groups excluding carboxylic acids is 2. The maximum absolute atomic E-state index is 12.3. The van der Waals surface area contributed by atoms with E-state index in [1.807, 2.05) is 19.9 Å². The Morgan fingerprint density at radius 2 is 2.06 bits per heavy atom. The molecule has 31 heavy (non-hydrogen) atoms. The van der Waals surface area contributed by atoms with E-state index in [4.69, 9.17) is 32.7 Å². The number of phenols is 1. The minimum absolute atomic E-state index is 0.114. The van der Waals surface area contributed by atoms with E-state index in [1.54, 1.807) is 18.2 Å². The van der Waals surface area contributed by atoms with Gasteiger partial charge in [0, 0.05) is 17.5 Å². The van der Waals surface area contributed by atoms with E-state index in [1.165, 1.54) is 7.11 Å². The lowest BCUT2D eigenvalue weighted by Crippen LogP contribution is -2.11. The molecule has 2 N–H and O–H groups in total. The Labute approximate surface area is 190 Å². The molecule has 0 aliphatic carbocycles. The fourth-order valence-corrected chi connectivity index (χ4v) is 3.88. The molecule has 2 aromatic rings. The minimum Gasteiger partial charge on any atom is -0.507 e. The molecule has 6 nitrogen and oxygen atoms in total. The van der Waals surface area contributed by atoms with Crippen LogP contribution in [0.5, 0.6) is 11.5 Å². The number of esters is 1. The lowest BCUT2D eigenvalue weighted by Gasteiger charge is -2.15. The van der Waals surface area contributed by atoms with Crippen molar-refractivity contribution in [3.05, 3.63) is 62.1 Å². The number of hydrogen-bond donors (Lipinski definition) is 2. The summed E-state index contributed by atoms with van der Waals surface area (Å²) in [6.07, 6.45) is 3.02. The van der Waals surface area contributed by atoms with E-state index in [-0.39, 0.29) is 30.2 Å². The number of nitrogens with one attached hydrogen (secondary N) is 1. The zero-order valence-electron chi connectivity index (χ0n) is 17.5. The maximum Gasteiger partial charge on any atom is 0.342 e. The van der Waals surface area contributed by atoms with Crippen LogP contribution < -0.4 is 10.1 Å². The molecular formula is C23H23Cl2NO5. The van der Waals surface area contributed by atoms with Gasteiger partial charge in [0.25, 0.3) is 0 Å². The molecule has 0 radical (unpaired) electrons. The highest BCUT2D eigenvalue weighted by atomic mass is 35.5. The van der Waals surface area contributed by atoms with Crippen molar-refractivity contribution >= 4 is 40.8 Å². The number of carbonyl (C=O) groups is 2. The van der Waals surface area contributed by atoms with Crippen molar-refractivity contribution in [2.45, 2.75) is 39.7 Å². The van der Waals surface area contributed by atoms with Crippen LogP contribution in [-0.4, -0.2) is 24.1 Å². The van der Waals surface area contributed by atoms with Crippen LogP contribution in [0.25, 0.3) is 0 Å². The van der Waals surface area contributed by atoms with Gasteiger partial charge < -0.3 is 19.9 Å². The maximum atomic E-state index is 12.3. The summed E-state index contributed by atoms with van der Waals surface area (Å²) in [5, 5.41) is 14.1. The molecule has 1 heterocycles. The second-order valence-electron chi connectivity index (χ2n) is 7.32. The Morgan fingerprint density at radius 3 is 2.77 bits per heavy atom. The van der Waals surface area contributed by atoms with Crippen LogP contribution in [-0.2, 0) is 22.6 Å². The Bertz CT molecular complexity index is 1080. The summed E-state index contributed by atoms with van der Waals surface area (Å²) in [7, 11) is 1.52. The van der Waals surface area contributed by atoms with Gasteiger partial charge in [-0.25, -0.2) is 4.79 Å². The first-order valence-corrected chi connectivity index (χ1v) is 10.5. The number of ether oxygens (including phenoxy) is 2. The van der Waals surface area contributed by atoms with Gasteiger partial charge >= 0.3 is 5.97 Å². The standard InChI is InChI=1S/C23H23Cl2NO5/c1-12(8-10-18(27)26-17-6-4-5-16(24)20(17)25)7-9-14-21(28)19-15(11-31-23(19)29)13(2)22(14)30-3/h4-7,28H,8-11H2,1-3H3,(H,26,27)/b12-7+. The van der Waals surface area contributed by atoms with Gasteiger partial charge in [-0.1, -0.05) is 40.9 Å². The summed E-state index contributed by atoms with van der Waals surface area (Å²) in [5.41, 5.74) is 3.58. The summed E-state index contributed by atoms with van der Waals surface area (Å²) in [6, 6.07) is 5.05. The van der Waals surface area contributed by atoms with Gasteiger partial charge in [0.2, 0.25) is 5.91 Å². The van der Waals surface area contributed by atoms with Gasteiger partial charge in [-0.3, -0.25) is 4.79 Å². The van der Waals surface area contributed by atoms with Gasteiger partial charge in [-0.2, -0.15) is 0 Å². The van der Waals surface area contributed by atoms with Crippen molar-refractivity contribution in [1.29, 1.82) is 0 Å². The summed E-state index contributed by atoms with van der Waals surface area (Å²) in [6.45, 7) is 3.87. The van der Waals surface area contributed by atoms with E-state index in [0.717, 1.165) is 11.1 Å². The fourth-order valence-electron chi connectivity index (χ4n) is 3.53. The van der Waals surface area contributed by atoms with E-state index in [0.29, 0.717) is 45.5 Å². The van der Waals surface area contributed by atoms with Crippen LogP contribution >= 0.6 is 23.2 Å². The molecule has 0 bridgehead atoms. The van der Waals surface area contributed by atoms with Gasteiger partial charge in [0.1, 0.15) is 23.7 Å².